The molecule has 0 aromatic rings. The van der Waals surface area contributed by atoms with Crippen LogP contribution in [0.25, 0.3) is 0 Å². The fourth-order valence-electron chi connectivity index (χ4n) is 6.44. The monoisotopic (exact) mass is 430 g/mol. The summed E-state index contributed by atoms with van der Waals surface area (Å²) < 4.78 is 17.6. The fourth-order valence-corrected chi connectivity index (χ4v) is 6.44. The van der Waals surface area contributed by atoms with Gasteiger partial charge in [-0.2, -0.15) is 0 Å². The molecule has 0 aromatic heterocycles. The van der Waals surface area contributed by atoms with Gasteiger partial charge < -0.3 is 14.2 Å². The number of ketones is 1. The number of ether oxygens (including phenoxy) is 3. The number of carbonyl (C=O) groups excluding carboxylic acids is 3. The van der Waals surface area contributed by atoms with Crippen LogP contribution in [0.1, 0.15) is 61.8 Å². The highest BCUT2D eigenvalue weighted by Crippen LogP contribution is 2.72. The maximum Gasteiger partial charge on any atom is 0.341 e. The average Bonchev–Trinajstić information content (AvgIpc) is 3.32. The molecule has 8 unspecified atom stereocenters. The van der Waals surface area contributed by atoms with Crippen LogP contribution in [0, 0.1) is 28.6 Å². The third-order valence-electron chi connectivity index (χ3n) is 8.84. The van der Waals surface area contributed by atoms with E-state index in [4.69, 9.17) is 14.2 Å². The average molecular weight is 431 g/mol. The molecule has 170 valence electrons. The Balaban J connectivity index is 1.73. The van der Waals surface area contributed by atoms with Gasteiger partial charge in [0.2, 0.25) is 0 Å². The zero-order valence-corrected chi connectivity index (χ0v) is 19.8. The van der Waals surface area contributed by atoms with Crippen LogP contribution in [0.15, 0.2) is 23.3 Å². The zero-order valence-electron chi connectivity index (χ0n) is 19.8. The molecule has 0 radical (unpaired) electrons. The van der Waals surface area contributed by atoms with E-state index in [1.807, 2.05) is 13.8 Å². The lowest BCUT2D eigenvalue weighted by Crippen LogP contribution is -2.67. The van der Waals surface area contributed by atoms with Gasteiger partial charge in [-0.1, -0.05) is 32.4 Å². The third-order valence-corrected chi connectivity index (χ3v) is 8.84. The van der Waals surface area contributed by atoms with Crippen LogP contribution < -0.4 is 0 Å². The molecular formula is C25H34O6. The SMILES string of the molecule is CC=C(C)C(=O)OC1CC(OC(=O)C2(C)OC2C)C(C)(C)C2C3C(=O)C=C(C)C2C13C. The highest BCUT2D eigenvalue weighted by Gasteiger charge is 2.74. The van der Waals surface area contributed by atoms with Crippen molar-refractivity contribution in [1.29, 1.82) is 0 Å². The van der Waals surface area contributed by atoms with Crippen LogP contribution in [0.2, 0.25) is 0 Å². The molecule has 5 rings (SSSR count). The van der Waals surface area contributed by atoms with Crippen molar-refractivity contribution in [3.05, 3.63) is 23.3 Å². The van der Waals surface area contributed by atoms with Crippen LogP contribution in [-0.4, -0.2) is 41.6 Å². The van der Waals surface area contributed by atoms with E-state index in [1.54, 1.807) is 32.9 Å². The normalized spacial score (nSPS) is 45.1. The lowest BCUT2D eigenvalue weighted by atomic mass is 9.37. The Kier molecular flexibility index (Phi) is 4.86. The second-order valence-corrected chi connectivity index (χ2v) is 10.8. The summed E-state index contributed by atoms with van der Waals surface area (Å²) >= 11 is 0. The van der Waals surface area contributed by atoms with Gasteiger partial charge in [-0.15, -0.1) is 0 Å². The Morgan fingerprint density at radius 2 is 1.74 bits per heavy atom. The van der Waals surface area contributed by atoms with Gasteiger partial charge in [-0.3, -0.25) is 4.79 Å². The molecule has 4 fully saturated rings. The van der Waals surface area contributed by atoms with Gasteiger partial charge >= 0.3 is 11.9 Å². The van der Waals surface area contributed by atoms with Crippen LogP contribution in [0.4, 0.5) is 0 Å². The molecule has 1 saturated heterocycles. The van der Waals surface area contributed by atoms with Gasteiger partial charge in [0.1, 0.15) is 12.2 Å². The van der Waals surface area contributed by atoms with E-state index in [0.29, 0.717) is 12.0 Å². The maximum absolute atomic E-state index is 13.1. The number of fused-ring (bicyclic) bond motifs is 3. The summed E-state index contributed by atoms with van der Waals surface area (Å²) in [5.41, 5.74) is -0.343. The van der Waals surface area contributed by atoms with E-state index >= 15 is 0 Å². The first-order valence-corrected chi connectivity index (χ1v) is 11.2. The van der Waals surface area contributed by atoms with Crippen molar-refractivity contribution in [2.45, 2.75) is 85.7 Å². The van der Waals surface area contributed by atoms with E-state index in [-0.39, 0.29) is 41.6 Å². The number of allylic oxidation sites excluding steroid dienone is 3. The quantitative estimate of drug-likeness (QED) is 0.383. The molecule has 1 aliphatic heterocycles. The molecule has 6 heteroatoms. The summed E-state index contributed by atoms with van der Waals surface area (Å²) in [6.45, 7) is 15.3. The van der Waals surface area contributed by atoms with Crippen molar-refractivity contribution >= 4 is 17.7 Å². The number of esters is 2. The van der Waals surface area contributed by atoms with Gasteiger partial charge in [-0.05, 0) is 52.5 Å². The molecule has 1 heterocycles. The summed E-state index contributed by atoms with van der Waals surface area (Å²) in [7, 11) is 0. The zero-order chi connectivity index (χ0) is 23.1. The topological polar surface area (TPSA) is 82.2 Å². The van der Waals surface area contributed by atoms with Crippen molar-refractivity contribution < 1.29 is 28.6 Å². The summed E-state index contributed by atoms with van der Waals surface area (Å²) in [5.74, 6) is -0.812. The summed E-state index contributed by atoms with van der Waals surface area (Å²) in [6.07, 6.45) is 2.63. The van der Waals surface area contributed by atoms with E-state index in [0.717, 1.165) is 5.57 Å². The number of rotatable bonds is 4. The number of carbonyl (C=O) groups is 3. The third kappa shape index (κ3) is 2.90. The Labute approximate surface area is 184 Å². The molecule has 5 aliphatic rings. The molecule has 8 atom stereocenters. The van der Waals surface area contributed by atoms with Crippen LogP contribution in [-0.2, 0) is 28.6 Å². The van der Waals surface area contributed by atoms with Gasteiger partial charge in [0, 0.05) is 28.7 Å². The summed E-state index contributed by atoms with van der Waals surface area (Å²) in [5, 5.41) is 0. The standard InChI is InChI=1S/C25H34O6/c1-9-12(2)21(27)29-17-11-16(30-22(28)25(8)14(4)31-25)23(5,6)20-18-13(3)10-15(26)19(20)24(17,18)7/h9-10,14,16-20H,11H2,1-8H3. The first kappa shape index (κ1) is 22.3. The van der Waals surface area contributed by atoms with Crippen molar-refractivity contribution in [2.24, 2.45) is 28.6 Å². The highest BCUT2D eigenvalue weighted by atomic mass is 16.7. The predicted molar refractivity (Wildman–Crippen MR) is 114 cm³/mol. The molecule has 4 aliphatic carbocycles. The van der Waals surface area contributed by atoms with Crippen molar-refractivity contribution in [2.75, 3.05) is 0 Å². The molecule has 0 N–H and O–H groups in total. The van der Waals surface area contributed by atoms with E-state index in [9.17, 15) is 14.4 Å². The van der Waals surface area contributed by atoms with E-state index in [1.165, 1.54) is 0 Å². The predicted octanol–water partition coefficient (Wildman–Crippen LogP) is 3.78. The fraction of sp³-hybridized carbons (Fsp3) is 0.720. The van der Waals surface area contributed by atoms with E-state index in [2.05, 4.69) is 20.8 Å². The summed E-state index contributed by atoms with van der Waals surface area (Å²) in [6, 6.07) is 0. The van der Waals surface area contributed by atoms with Crippen LogP contribution in [0.3, 0.4) is 0 Å². The molecule has 0 amide bonds. The molecule has 4 bridgehead atoms. The Morgan fingerprint density at radius 1 is 1.13 bits per heavy atom. The first-order valence-electron chi connectivity index (χ1n) is 11.2. The van der Waals surface area contributed by atoms with Gasteiger partial charge in [0.05, 0.1) is 6.10 Å². The van der Waals surface area contributed by atoms with Crippen LogP contribution in [0.5, 0.6) is 0 Å². The first-order chi connectivity index (χ1) is 14.3. The Hall–Kier alpha value is -1.95. The number of epoxide rings is 1. The molecule has 0 aromatic carbocycles. The molecule has 3 saturated carbocycles. The van der Waals surface area contributed by atoms with Gasteiger partial charge in [0.15, 0.2) is 11.4 Å². The summed E-state index contributed by atoms with van der Waals surface area (Å²) in [4.78, 5) is 38.8. The lowest BCUT2D eigenvalue weighted by molar-refractivity contribution is -0.202. The van der Waals surface area contributed by atoms with Crippen molar-refractivity contribution in [3.8, 4) is 0 Å². The van der Waals surface area contributed by atoms with Gasteiger partial charge in [0.25, 0.3) is 0 Å². The Bertz CT molecular complexity index is 913. The maximum atomic E-state index is 13.1. The molecular weight excluding hydrogens is 396 g/mol. The molecule has 0 spiro atoms. The lowest BCUT2D eigenvalue weighted by Gasteiger charge is -2.65. The van der Waals surface area contributed by atoms with Crippen molar-refractivity contribution in [3.63, 3.8) is 0 Å². The second kappa shape index (κ2) is 6.77. The minimum atomic E-state index is -0.926. The largest absolute Gasteiger partial charge is 0.459 e. The van der Waals surface area contributed by atoms with Gasteiger partial charge in [-0.25, -0.2) is 9.59 Å². The Morgan fingerprint density at radius 3 is 2.26 bits per heavy atom. The minimum absolute atomic E-state index is 0.0321. The molecule has 31 heavy (non-hydrogen) atoms. The minimum Gasteiger partial charge on any atom is -0.459 e. The van der Waals surface area contributed by atoms with Crippen molar-refractivity contribution in [1.82, 2.24) is 0 Å². The number of hydrogen-bond acceptors (Lipinski definition) is 6. The highest BCUT2D eigenvalue weighted by molar-refractivity contribution is 5.97. The van der Waals surface area contributed by atoms with Crippen LogP contribution >= 0.6 is 0 Å². The molecule has 6 nitrogen and oxygen atoms in total. The second-order valence-electron chi connectivity index (χ2n) is 10.8. The van der Waals surface area contributed by atoms with E-state index < -0.39 is 28.6 Å². The smallest absolute Gasteiger partial charge is 0.341 e. The number of hydrogen-bond donors (Lipinski definition) is 0.